The molecule has 1 N–H and O–H groups in total. The molecule has 0 spiro atoms. The minimum Gasteiger partial charge on any atom is -0.497 e. The third-order valence-corrected chi connectivity index (χ3v) is 5.52. The van der Waals surface area contributed by atoms with Gasteiger partial charge in [-0.05, 0) is 50.1 Å². The number of para-hydroxylation sites is 1. The molecule has 4 aromatic rings. The van der Waals surface area contributed by atoms with Crippen LogP contribution in [0.2, 0.25) is 0 Å². The molecule has 0 saturated heterocycles. The second-order valence-electron chi connectivity index (χ2n) is 8.33. The maximum Gasteiger partial charge on any atom is 0.255 e. The highest BCUT2D eigenvalue weighted by atomic mass is 16.5. The van der Waals surface area contributed by atoms with Crippen molar-refractivity contribution >= 4 is 5.91 Å². The number of aromatic nitrogens is 4. The Kier molecular flexibility index (Phi) is 6.58. The lowest BCUT2D eigenvalue weighted by Gasteiger charge is -2.14. The highest BCUT2D eigenvalue weighted by molar-refractivity contribution is 6.00. The maximum atomic E-state index is 13.2. The third kappa shape index (κ3) is 5.14. The van der Waals surface area contributed by atoms with E-state index in [9.17, 15) is 4.79 Å². The van der Waals surface area contributed by atoms with Crippen molar-refractivity contribution in [3.05, 3.63) is 83.8 Å². The van der Waals surface area contributed by atoms with Crippen molar-refractivity contribution in [2.75, 3.05) is 13.7 Å². The smallest absolute Gasteiger partial charge is 0.255 e. The van der Waals surface area contributed by atoms with Crippen LogP contribution >= 0.6 is 0 Å². The molecule has 7 heteroatoms. The molecule has 2 aromatic carbocycles. The van der Waals surface area contributed by atoms with E-state index >= 15 is 0 Å². The van der Waals surface area contributed by atoms with Gasteiger partial charge in [0.2, 0.25) is 0 Å². The van der Waals surface area contributed by atoms with E-state index in [1.54, 1.807) is 18.0 Å². The van der Waals surface area contributed by atoms with E-state index in [1.165, 1.54) is 0 Å². The van der Waals surface area contributed by atoms with Gasteiger partial charge in [-0.2, -0.15) is 10.2 Å². The molecule has 0 fully saturated rings. The second kappa shape index (κ2) is 9.73. The van der Waals surface area contributed by atoms with Gasteiger partial charge in [0.25, 0.3) is 5.91 Å². The van der Waals surface area contributed by atoms with Crippen molar-refractivity contribution in [1.82, 2.24) is 24.9 Å². The number of benzene rings is 2. The number of carbonyl (C=O) groups excluding carboxylic acids is 1. The molecule has 1 amide bonds. The van der Waals surface area contributed by atoms with Crippen LogP contribution in [-0.2, 0) is 6.54 Å². The number of carbonyl (C=O) groups is 1. The topological polar surface area (TPSA) is 74.0 Å². The van der Waals surface area contributed by atoms with E-state index < -0.39 is 0 Å². The zero-order chi connectivity index (χ0) is 23.4. The Bertz CT molecular complexity index is 1240. The number of rotatable bonds is 8. The first-order chi connectivity index (χ1) is 15.9. The molecule has 4 rings (SSSR count). The van der Waals surface area contributed by atoms with Crippen LogP contribution in [-0.4, -0.2) is 39.1 Å². The van der Waals surface area contributed by atoms with Crippen molar-refractivity contribution in [2.45, 2.75) is 27.3 Å². The van der Waals surface area contributed by atoms with Gasteiger partial charge in [0.15, 0.2) is 0 Å². The normalized spacial score (nSPS) is 11.9. The van der Waals surface area contributed by atoms with Crippen LogP contribution in [0.3, 0.4) is 0 Å². The standard InChI is InChI=1S/C26H29N5O2/c1-18(16-30-20(3)13-19(2)28-30)15-27-26(32)24-17-31(22-10-6-5-7-11-22)29-25(24)21-9-8-12-23(14-21)33-4/h5-14,17-18H,15-16H2,1-4H3,(H,27,32)/t18-/m1/s1. The monoisotopic (exact) mass is 443 g/mol. The van der Waals surface area contributed by atoms with E-state index in [0.29, 0.717) is 23.6 Å². The summed E-state index contributed by atoms with van der Waals surface area (Å²) < 4.78 is 9.10. The molecule has 0 aliphatic carbocycles. The Hall–Kier alpha value is -3.87. The number of methoxy groups -OCH3 is 1. The van der Waals surface area contributed by atoms with Crippen LogP contribution in [0, 0.1) is 19.8 Å². The van der Waals surface area contributed by atoms with Gasteiger partial charge in [0.05, 0.1) is 24.1 Å². The molecule has 0 unspecified atom stereocenters. The minimum absolute atomic E-state index is 0.157. The molecule has 0 radical (unpaired) electrons. The summed E-state index contributed by atoms with van der Waals surface area (Å²) in [5, 5.41) is 12.3. The summed E-state index contributed by atoms with van der Waals surface area (Å²) in [6.45, 7) is 7.41. The summed E-state index contributed by atoms with van der Waals surface area (Å²) in [7, 11) is 1.62. The number of aryl methyl sites for hydroxylation is 2. The van der Waals surface area contributed by atoms with E-state index in [0.717, 1.165) is 29.2 Å². The molecule has 0 saturated carbocycles. The number of nitrogens with zero attached hydrogens (tertiary/aromatic N) is 4. The van der Waals surface area contributed by atoms with E-state index in [2.05, 4.69) is 23.4 Å². The van der Waals surface area contributed by atoms with Crippen LogP contribution in [0.25, 0.3) is 16.9 Å². The van der Waals surface area contributed by atoms with E-state index in [1.807, 2.05) is 73.1 Å². The summed E-state index contributed by atoms with van der Waals surface area (Å²) >= 11 is 0. The van der Waals surface area contributed by atoms with Gasteiger partial charge < -0.3 is 10.1 Å². The molecule has 7 nitrogen and oxygen atoms in total. The molecule has 33 heavy (non-hydrogen) atoms. The number of hydrogen-bond donors (Lipinski definition) is 1. The Morgan fingerprint density at radius 3 is 2.55 bits per heavy atom. The van der Waals surface area contributed by atoms with Gasteiger partial charge in [-0.1, -0.05) is 37.3 Å². The zero-order valence-corrected chi connectivity index (χ0v) is 19.4. The van der Waals surface area contributed by atoms with Crippen LogP contribution in [0.1, 0.15) is 28.7 Å². The Morgan fingerprint density at radius 2 is 1.85 bits per heavy atom. The lowest BCUT2D eigenvalue weighted by Crippen LogP contribution is -2.30. The van der Waals surface area contributed by atoms with Crippen LogP contribution in [0.5, 0.6) is 5.75 Å². The first-order valence-electron chi connectivity index (χ1n) is 11.0. The molecule has 1 atom stereocenters. The van der Waals surface area contributed by atoms with Gasteiger partial charge in [0.1, 0.15) is 11.4 Å². The predicted molar refractivity (Wildman–Crippen MR) is 129 cm³/mol. The number of ether oxygens (including phenoxy) is 1. The maximum absolute atomic E-state index is 13.2. The van der Waals surface area contributed by atoms with Gasteiger partial charge >= 0.3 is 0 Å². The molecular weight excluding hydrogens is 414 g/mol. The first-order valence-corrected chi connectivity index (χ1v) is 11.0. The Balaban J connectivity index is 1.57. The van der Waals surface area contributed by atoms with Gasteiger partial charge in [0, 0.05) is 30.5 Å². The Labute approximate surface area is 194 Å². The first kappa shape index (κ1) is 22.3. The number of amides is 1. The van der Waals surface area contributed by atoms with Crippen molar-refractivity contribution in [2.24, 2.45) is 5.92 Å². The molecule has 0 bridgehead atoms. The SMILES string of the molecule is COc1cccc(-c2nn(-c3ccccc3)cc2C(=O)NC[C@@H](C)Cn2nc(C)cc2C)c1. The summed E-state index contributed by atoms with van der Waals surface area (Å²) in [4.78, 5) is 13.2. The average molecular weight is 444 g/mol. The van der Waals surface area contributed by atoms with Crippen molar-refractivity contribution in [1.29, 1.82) is 0 Å². The molecule has 170 valence electrons. The summed E-state index contributed by atoms with van der Waals surface area (Å²) in [5.41, 5.74) is 4.96. The summed E-state index contributed by atoms with van der Waals surface area (Å²) in [5.74, 6) is 0.776. The van der Waals surface area contributed by atoms with Gasteiger partial charge in [-0.25, -0.2) is 4.68 Å². The summed E-state index contributed by atoms with van der Waals surface area (Å²) in [6, 6.07) is 19.4. The lowest BCUT2D eigenvalue weighted by molar-refractivity contribution is 0.0947. The highest BCUT2D eigenvalue weighted by Gasteiger charge is 2.20. The van der Waals surface area contributed by atoms with E-state index in [-0.39, 0.29) is 11.8 Å². The minimum atomic E-state index is -0.157. The fourth-order valence-electron chi connectivity index (χ4n) is 3.82. The average Bonchev–Trinajstić information content (AvgIpc) is 3.41. The van der Waals surface area contributed by atoms with Crippen LogP contribution in [0.4, 0.5) is 0 Å². The number of hydrogen-bond acceptors (Lipinski definition) is 4. The van der Waals surface area contributed by atoms with Crippen LogP contribution < -0.4 is 10.1 Å². The fourth-order valence-corrected chi connectivity index (χ4v) is 3.82. The van der Waals surface area contributed by atoms with Crippen molar-refractivity contribution in [3.63, 3.8) is 0 Å². The predicted octanol–water partition coefficient (Wildman–Crippen LogP) is 4.43. The van der Waals surface area contributed by atoms with Crippen molar-refractivity contribution < 1.29 is 9.53 Å². The summed E-state index contributed by atoms with van der Waals surface area (Å²) in [6.07, 6.45) is 1.78. The molecule has 0 aliphatic heterocycles. The van der Waals surface area contributed by atoms with Gasteiger partial charge in [-0.15, -0.1) is 0 Å². The fraction of sp³-hybridized carbons (Fsp3) is 0.269. The largest absolute Gasteiger partial charge is 0.497 e. The molecule has 0 aliphatic rings. The lowest BCUT2D eigenvalue weighted by atomic mass is 10.1. The molecule has 2 heterocycles. The zero-order valence-electron chi connectivity index (χ0n) is 19.4. The third-order valence-electron chi connectivity index (χ3n) is 5.52. The molecular formula is C26H29N5O2. The van der Waals surface area contributed by atoms with E-state index in [4.69, 9.17) is 9.84 Å². The number of nitrogens with one attached hydrogen (secondary N) is 1. The second-order valence-corrected chi connectivity index (χ2v) is 8.33. The quantitative estimate of drug-likeness (QED) is 0.437. The van der Waals surface area contributed by atoms with Crippen molar-refractivity contribution in [3.8, 4) is 22.7 Å². The van der Waals surface area contributed by atoms with Gasteiger partial charge in [-0.3, -0.25) is 9.48 Å². The Morgan fingerprint density at radius 1 is 1.06 bits per heavy atom. The van der Waals surface area contributed by atoms with Crippen LogP contribution in [0.15, 0.2) is 66.9 Å². The molecule has 2 aromatic heterocycles. The highest BCUT2D eigenvalue weighted by Crippen LogP contribution is 2.27.